The number of hydrogen-bond donors (Lipinski definition) is 1. The summed E-state index contributed by atoms with van der Waals surface area (Å²) in [5.41, 5.74) is -10.8. The molecule has 0 aromatic rings. The van der Waals surface area contributed by atoms with Crippen LogP contribution in [0.5, 0.6) is 0 Å². The van der Waals surface area contributed by atoms with E-state index in [0.29, 0.717) is 0 Å². The maximum absolute atomic E-state index is 15.1. The van der Waals surface area contributed by atoms with E-state index in [2.05, 4.69) is 0 Å². The second-order valence-corrected chi connectivity index (χ2v) is 16.9. The third-order valence-electron chi connectivity index (χ3n) is 11.3. The van der Waals surface area contributed by atoms with Crippen molar-refractivity contribution in [1.82, 2.24) is 0 Å². The number of hydrogen-bond acceptors (Lipinski definition) is 1. The second kappa shape index (κ2) is 20.4. The Morgan fingerprint density at radius 3 is 0.264 bits per heavy atom. The van der Waals surface area contributed by atoms with Gasteiger partial charge in [-0.05, 0) is 0 Å². The summed E-state index contributed by atoms with van der Waals surface area (Å²) >= 11 is 0. The number of carboxylic acids is 1. The van der Waals surface area contributed by atoms with Crippen molar-refractivity contribution in [2.24, 2.45) is 0 Å². The van der Waals surface area contributed by atoms with Crippen LogP contribution in [0.2, 0.25) is 0 Å². The Labute approximate surface area is 448 Å². The predicted octanol–water partition coefficient (Wildman–Crippen LogP) is 18.4. The van der Waals surface area contributed by atoms with Gasteiger partial charge >= 0.3 is 178 Å². The molecule has 0 fully saturated rings. The van der Waals surface area contributed by atoms with Gasteiger partial charge in [-0.2, -0.15) is 255 Å². The predicted molar refractivity (Wildman–Crippen MR) is 152 cm³/mol. The minimum absolute atomic E-state index is 6.86. The lowest BCUT2D eigenvalue weighted by Gasteiger charge is -2.48. The molecule has 0 atom stereocenters. The maximum atomic E-state index is 15.1. The van der Waals surface area contributed by atoms with Crippen LogP contribution >= 0.6 is 0 Å². The Kier molecular flexibility index (Phi) is 19.4. The van der Waals surface area contributed by atoms with E-state index in [1.807, 2.05) is 0 Å². The van der Waals surface area contributed by atoms with Crippen LogP contribution in [0.1, 0.15) is 0 Å². The third-order valence-corrected chi connectivity index (χ3v) is 11.3. The van der Waals surface area contributed by atoms with Gasteiger partial charge in [-0.1, -0.05) is 0 Å². The summed E-state index contributed by atoms with van der Waals surface area (Å²) in [5, 5.41) is 8.18. The molecule has 0 amide bonds. The van der Waals surface area contributed by atoms with Crippen LogP contribution < -0.4 is 0 Å². The van der Waals surface area contributed by atoms with E-state index in [4.69, 9.17) is 5.11 Å². The molecule has 61 heteroatoms. The molecule has 0 rings (SSSR count). The van der Waals surface area contributed by atoms with E-state index in [1.54, 1.807) is 0 Å². The average molecular weight is 1510 g/mol. The Hall–Kier alpha value is -4.66. The van der Waals surface area contributed by atoms with Gasteiger partial charge < -0.3 is 5.11 Å². The molecular weight excluding hydrogens is 1510 g/mol. The van der Waals surface area contributed by atoms with E-state index < -0.39 is 178 Å². The summed E-state index contributed by atoms with van der Waals surface area (Å²) in [6, 6.07) is 0. The van der Waals surface area contributed by atoms with Crippen molar-refractivity contribution in [3.8, 4) is 0 Å². The molecule has 0 spiro atoms. The van der Waals surface area contributed by atoms with Crippen molar-refractivity contribution in [1.29, 1.82) is 0 Å². The third kappa shape index (κ3) is 9.24. The lowest BCUT2D eigenvalue weighted by molar-refractivity contribution is -0.493. The number of carboxylic acid groups (broad SMARTS) is 1. The lowest BCUT2D eigenvalue weighted by atomic mass is 9.76. The summed E-state index contributed by atoms with van der Waals surface area (Å²) in [7, 11) is 0. The summed E-state index contributed by atoms with van der Waals surface area (Å²) in [4.78, 5) is 11.0. The lowest BCUT2D eigenvalue weighted by Crippen LogP contribution is -2.83. The molecule has 0 unspecified atom stereocenters. The molecule has 2 nitrogen and oxygen atoms in total. The molecule has 0 heterocycles. The molecule has 91 heavy (non-hydrogen) atoms. The molecule has 0 radical (unpaired) electrons. The Morgan fingerprint density at radius 2 is 0.198 bits per heavy atom. The highest BCUT2D eigenvalue weighted by molar-refractivity contribution is 5.81. The van der Waals surface area contributed by atoms with Gasteiger partial charge in [0.1, 0.15) is 0 Å². The molecular formula is C30HF59O2. The van der Waals surface area contributed by atoms with Gasteiger partial charge in [0.25, 0.3) is 0 Å². The van der Waals surface area contributed by atoms with Crippen LogP contribution in [0.4, 0.5) is 259 Å². The number of rotatable bonds is 27. The van der Waals surface area contributed by atoms with Crippen molar-refractivity contribution in [3.05, 3.63) is 0 Å². The first-order chi connectivity index (χ1) is 37.9. The Morgan fingerprint density at radius 1 is 0.132 bits per heavy atom. The van der Waals surface area contributed by atoms with Gasteiger partial charge in [0.2, 0.25) is 0 Å². The highest BCUT2D eigenvalue weighted by Gasteiger charge is 3.06. The van der Waals surface area contributed by atoms with Crippen molar-refractivity contribution >= 4 is 5.97 Å². The fourth-order valence-electron chi connectivity index (χ4n) is 5.59. The number of aliphatic carboxylic acids is 1. The van der Waals surface area contributed by atoms with Crippen molar-refractivity contribution in [3.63, 3.8) is 0 Å². The second-order valence-electron chi connectivity index (χ2n) is 16.9. The van der Waals surface area contributed by atoms with Crippen LogP contribution in [0.25, 0.3) is 0 Å². The Balaban J connectivity index is 8.62. The number of alkyl halides is 59. The summed E-state index contributed by atoms with van der Waals surface area (Å²) in [5.74, 6) is -284. The number of carbonyl (C=O) groups is 1. The van der Waals surface area contributed by atoms with Crippen LogP contribution in [0, 0.1) is 0 Å². The van der Waals surface area contributed by atoms with E-state index in [-0.39, 0.29) is 0 Å². The SMILES string of the molecule is O=C(O)C(F)(C(F)(F)C(F)(F)C(F)(F)C(F)(F)C(F)(F)C(F)(F)C(F)(F)C(F)(F)C(F)(F)C(F)(F)C(F)(F)C(F)(F)C(F)(F)C(F)(F)F)C(F)(F)C(F)(F)C(F)(F)C(F)(F)C(F)(F)C(F)(F)C(F)(F)C(F)(F)C(F)(F)C(F)(F)C(F)(F)C(F)(F)C(F)(F)C(F)(F)F. The zero-order valence-electron chi connectivity index (χ0n) is 38.2. The van der Waals surface area contributed by atoms with Gasteiger partial charge in [0.15, 0.2) is 0 Å². The Bertz CT molecular complexity index is 2490. The normalized spacial score (nSPS) is 17.5. The van der Waals surface area contributed by atoms with Gasteiger partial charge in [0, 0.05) is 0 Å². The molecule has 0 saturated carbocycles. The quantitative estimate of drug-likeness (QED) is 0.0833. The summed E-state index contributed by atoms with van der Waals surface area (Å²) < 4.78 is 816. The van der Waals surface area contributed by atoms with E-state index >= 15 is 4.39 Å². The van der Waals surface area contributed by atoms with Gasteiger partial charge in [-0.15, -0.1) is 0 Å². The average Bonchev–Trinajstić information content (AvgIpc) is 3.30. The topological polar surface area (TPSA) is 37.3 Å². The molecule has 0 saturated heterocycles. The minimum Gasteiger partial charge on any atom is -0.479 e. The monoisotopic (exact) mass is 1510 g/mol. The highest BCUT2D eigenvalue weighted by Crippen LogP contribution is 2.74. The minimum atomic E-state index is -11.2. The smallest absolute Gasteiger partial charge is 0.460 e. The summed E-state index contributed by atoms with van der Waals surface area (Å²) in [6.45, 7) is 0. The van der Waals surface area contributed by atoms with E-state index in [1.165, 1.54) is 0 Å². The summed E-state index contributed by atoms with van der Waals surface area (Å²) in [6.07, 6.45) is -17.4. The maximum Gasteiger partial charge on any atom is 0.460 e. The molecule has 0 aliphatic carbocycles. The van der Waals surface area contributed by atoms with Crippen LogP contribution in [0.15, 0.2) is 0 Å². The highest BCUT2D eigenvalue weighted by atomic mass is 19.5. The van der Waals surface area contributed by atoms with E-state index in [9.17, 15) is 259 Å². The number of halogens is 59. The zero-order chi connectivity index (χ0) is 76.1. The fourth-order valence-corrected chi connectivity index (χ4v) is 5.59. The van der Waals surface area contributed by atoms with Crippen molar-refractivity contribution in [2.45, 2.75) is 172 Å². The first-order valence-electron chi connectivity index (χ1n) is 18.8. The van der Waals surface area contributed by atoms with Crippen LogP contribution in [-0.4, -0.2) is 183 Å². The molecule has 546 valence electrons. The first-order valence-corrected chi connectivity index (χ1v) is 18.8. The molecule has 0 aliphatic heterocycles. The molecule has 0 aromatic carbocycles. The molecule has 1 N–H and O–H groups in total. The van der Waals surface area contributed by atoms with Gasteiger partial charge in [0.05, 0.1) is 0 Å². The van der Waals surface area contributed by atoms with Gasteiger partial charge in [-0.3, -0.25) is 0 Å². The fraction of sp³-hybridized carbons (Fsp3) is 0.967. The molecule has 0 aliphatic rings. The van der Waals surface area contributed by atoms with Crippen molar-refractivity contribution < 1.29 is 269 Å². The molecule has 0 bridgehead atoms. The van der Waals surface area contributed by atoms with Crippen LogP contribution in [0.3, 0.4) is 0 Å². The van der Waals surface area contributed by atoms with Crippen molar-refractivity contribution in [2.75, 3.05) is 0 Å². The molecule has 0 aromatic heterocycles. The standard InChI is InChI=1S/C30HF59O2/c31-2(1(90)91,3(32,33)5(36,37)7(40,41)9(44,45)11(48,49)13(52,53)15(56,57)17(60,61)19(64,65)21(68,69)23(72,73)25(76,77)27(80,81)29(84,85)86)4(34,35)6(38,39)8(42,43)10(46,47)12(50,51)14(54,55)16(58,59)18(62,63)20(66,67)22(70,71)24(74,75)26(78,79)28(82,83)30(87,88)89/h(H,90,91). The largest absolute Gasteiger partial charge is 0.479 e. The first kappa shape index (κ1) is 86.3. The van der Waals surface area contributed by atoms with Crippen LogP contribution in [-0.2, 0) is 4.79 Å². The van der Waals surface area contributed by atoms with Gasteiger partial charge in [-0.25, -0.2) is 9.18 Å². The van der Waals surface area contributed by atoms with E-state index in [0.717, 1.165) is 0 Å². The zero-order valence-corrected chi connectivity index (χ0v) is 38.2.